The fraction of sp³-hybridized carbons (Fsp3) is 0.154. The van der Waals surface area contributed by atoms with E-state index in [1.165, 1.54) is 0 Å². The van der Waals surface area contributed by atoms with Gasteiger partial charge in [0.15, 0.2) is 4.96 Å². The standard InChI is InChI=1S/C13H11BrN2O2S/c1-17-9-2-4-10(5-3-9)18-12-11(8-14)16-6-7-19-13(16)15-12/h2-7H,8H2,1H3. The number of ether oxygens (including phenoxy) is 2. The molecular formula is C13H11BrN2O2S. The van der Waals surface area contributed by atoms with Crippen LogP contribution in [-0.2, 0) is 5.33 Å². The van der Waals surface area contributed by atoms with E-state index >= 15 is 0 Å². The number of hydrogen-bond acceptors (Lipinski definition) is 4. The number of alkyl halides is 1. The number of benzene rings is 1. The van der Waals surface area contributed by atoms with Gasteiger partial charge in [0.2, 0.25) is 5.88 Å². The van der Waals surface area contributed by atoms with Crippen LogP contribution >= 0.6 is 27.3 Å². The first kappa shape index (κ1) is 12.5. The summed E-state index contributed by atoms with van der Waals surface area (Å²) >= 11 is 5.06. The predicted molar refractivity (Wildman–Crippen MR) is 78.8 cm³/mol. The highest BCUT2D eigenvalue weighted by molar-refractivity contribution is 9.08. The van der Waals surface area contributed by atoms with E-state index in [4.69, 9.17) is 9.47 Å². The van der Waals surface area contributed by atoms with Gasteiger partial charge >= 0.3 is 0 Å². The lowest BCUT2D eigenvalue weighted by atomic mass is 10.3. The van der Waals surface area contributed by atoms with Crippen molar-refractivity contribution in [2.24, 2.45) is 0 Å². The lowest BCUT2D eigenvalue weighted by molar-refractivity contribution is 0.412. The van der Waals surface area contributed by atoms with E-state index in [9.17, 15) is 0 Å². The fourth-order valence-electron chi connectivity index (χ4n) is 1.77. The zero-order valence-electron chi connectivity index (χ0n) is 10.2. The van der Waals surface area contributed by atoms with Gasteiger partial charge in [-0.15, -0.1) is 11.3 Å². The Hall–Kier alpha value is -1.53. The maximum Gasteiger partial charge on any atom is 0.243 e. The van der Waals surface area contributed by atoms with E-state index in [0.717, 1.165) is 22.2 Å². The molecule has 0 saturated carbocycles. The Labute approximate surface area is 122 Å². The average Bonchev–Trinajstić information content (AvgIpc) is 3.00. The Morgan fingerprint density at radius 2 is 2.00 bits per heavy atom. The Balaban J connectivity index is 1.93. The molecule has 1 aromatic carbocycles. The summed E-state index contributed by atoms with van der Waals surface area (Å²) in [5.41, 5.74) is 1.01. The number of rotatable bonds is 4. The smallest absolute Gasteiger partial charge is 0.243 e. The maximum absolute atomic E-state index is 5.83. The van der Waals surface area contributed by atoms with E-state index in [2.05, 4.69) is 20.9 Å². The van der Waals surface area contributed by atoms with Crippen LogP contribution < -0.4 is 9.47 Å². The van der Waals surface area contributed by atoms with Crippen molar-refractivity contribution in [3.63, 3.8) is 0 Å². The molecule has 3 rings (SSSR count). The van der Waals surface area contributed by atoms with Crippen molar-refractivity contribution < 1.29 is 9.47 Å². The van der Waals surface area contributed by atoms with E-state index in [0.29, 0.717) is 11.2 Å². The van der Waals surface area contributed by atoms with Crippen molar-refractivity contribution in [3.8, 4) is 17.4 Å². The highest BCUT2D eigenvalue weighted by Gasteiger charge is 2.14. The minimum Gasteiger partial charge on any atom is -0.497 e. The van der Waals surface area contributed by atoms with Crippen LogP contribution in [0.15, 0.2) is 35.8 Å². The van der Waals surface area contributed by atoms with Crippen molar-refractivity contribution in [3.05, 3.63) is 41.5 Å². The molecule has 0 aliphatic carbocycles. The molecule has 6 heteroatoms. The average molecular weight is 339 g/mol. The van der Waals surface area contributed by atoms with Crippen molar-refractivity contribution in [2.75, 3.05) is 7.11 Å². The Bertz CT molecular complexity index is 690. The molecule has 98 valence electrons. The minimum absolute atomic E-state index is 0.633. The van der Waals surface area contributed by atoms with Gasteiger partial charge in [0.25, 0.3) is 0 Å². The molecule has 0 amide bonds. The molecule has 0 N–H and O–H groups in total. The zero-order valence-corrected chi connectivity index (χ0v) is 12.6. The van der Waals surface area contributed by atoms with E-state index < -0.39 is 0 Å². The lowest BCUT2D eigenvalue weighted by Gasteiger charge is -2.05. The molecule has 0 aliphatic heterocycles. The third kappa shape index (κ3) is 2.33. The number of aromatic nitrogens is 2. The molecule has 2 aromatic heterocycles. The molecule has 0 fully saturated rings. The number of halogens is 1. The normalized spacial score (nSPS) is 10.8. The molecule has 0 unspecified atom stereocenters. The summed E-state index contributed by atoms with van der Waals surface area (Å²) < 4.78 is 13.0. The first-order valence-electron chi connectivity index (χ1n) is 5.64. The van der Waals surface area contributed by atoms with Crippen LogP contribution in [0.2, 0.25) is 0 Å². The number of nitrogens with zero attached hydrogens (tertiary/aromatic N) is 2. The second-order valence-corrected chi connectivity index (χ2v) is 5.26. The molecule has 2 heterocycles. The minimum atomic E-state index is 0.633. The van der Waals surface area contributed by atoms with Gasteiger partial charge in [-0.2, -0.15) is 4.98 Å². The zero-order chi connectivity index (χ0) is 13.2. The second kappa shape index (κ2) is 5.22. The highest BCUT2D eigenvalue weighted by atomic mass is 79.9. The Morgan fingerprint density at radius 3 is 2.68 bits per heavy atom. The predicted octanol–water partition coefficient (Wildman–Crippen LogP) is 4.09. The van der Waals surface area contributed by atoms with Crippen LogP contribution in [0.25, 0.3) is 4.96 Å². The van der Waals surface area contributed by atoms with Crippen LogP contribution in [0.3, 0.4) is 0 Å². The van der Waals surface area contributed by atoms with Gasteiger partial charge in [0, 0.05) is 16.9 Å². The summed E-state index contributed by atoms with van der Waals surface area (Å²) in [6.45, 7) is 0. The summed E-state index contributed by atoms with van der Waals surface area (Å²) in [7, 11) is 1.64. The molecule has 0 bridgehead atoms. The van der Waals surface area contributed by atoms with E-state index in [-0.39, 0.29) is 0 Å². The molecule has 0 radical (unpaired) electrons. The van der Waals surface area contributed by atoms with Gasteiger partial charge in [-0.1, -0.05) is 15.9 Å². The molecule has 19 heavy (non-hydrogen) atoms. The topological polar surface area (TPSA) is 35.8 Å². The van der Waals surface area contributed by atoms with Crippen molar-refractivity contribution >= 4 is 32.2 Å². The van der Waals surface area contributed by atoms with Gasteiger partial charge in [0.05, 0.1) is 12.8 Å². The molecule has 0 saturated heterocycles. The van der Waals surface area contributed by atoms with E-state index in [1.807, 2.05) is 40.2 Å². The Morgan fingerprint density at radius 1 is 1.26 bits per heavy atom. The molecule has 4 nitrogen and oxygen atoms in total. The van der Waals surface area contributed by atoms with Crippen molar-refractivity contribution in [2.45, 2.75) is 5.33 Å². The molecule has 3 aromatic rings. The third-order valence-electron chi connectivity index (χ3n) is 2.72. The monoisotopic (exact) mass is 338 g/mol. The van der Waals surface area contributed by atoms with Crippen LogP contribution in [0.1, 0.15) is 5.69 Å². The molecular weight excluding hydrogens is 328 g/mol. The SMILES string of the molecule is COc1ccc(Oc2nc3sccn3c2CBr)cc1. The number of imidazole rings is 1. The van der Waals surface area contributed by atoms with Crippen molar-refractivity contribution in [1.29, 1.82) is 0 Å². The first-order valence-corrected chi connectivity index (χ1v) is 7.64. The van der Waals surface area contributed by atoms with Gasteiger partial charge in [-0.25, -0.2) is 0 Å². The van der Waals surface area contributed by atoms with Gasteiger partial charge in [-0.05, 0) is 24.3 Å². The lowest BCUT2D eigenvalue weighted by Crippen LogP contribution is -1.91. The summed E-state index contributed by atoms with van der Waals surface area (Å²) in [5, 5.41) is 2.70. The van der Waals surface area contributed by atoms with E-state index in [1.54, 1.807) is 18.4 Å². The van der Waals surface area contributed by atoms with Gasteiger partial charge in [0.1, 0.15) is 11.5 Å². The van der Waals surface area contributed by atoms with Crippen LogP contribution in [0, 0.1) is 0 Å². The number of thiazole rings is 1. The number of methoxy groups -OCH3 is 1. The summed E-state index contributed by atoms with van der Waals surface area (Å²) in [6, 6.07) is 7.46. The summed E-state index contributed by atoms with van der Waals surface area (Å²) in [4.78, 5) is 5.41. The third-order valence-corrected chi connectivity index (χ3v) is 4.01. The summed E-state index contributed by atoms with van der Waals surface area (Å²) in [6.07, 6.45) is 1.99. The van der Waals surface area contributed by atoms with Crippen LogP contribution in [-0.4, -0.2) is 16.5 Å². The van der Waals surface area contributed by atoms with Crippen LogP contribution in [0.4, 0.5) is 0 Å². The first-order chi connectivity index (χ1) is 9.31. The van der Waals surface area contributed by atoms with Crippen molar-refractivity contribution in [1.82, 2.24) is 9.38 Å². The van der Waals surface area contributed by atoms with Crippen LogP contribution in [0.5, 0.6) is 17.4 Å². The molecule has 0 aliphatic rings. The highest BCUT2D eigenvalue weighted by Crippen LogP contribution is 2.30. The largest absolute Gasteiger partial charge is 0.497 e. The Kier molecular flexibility index (Phi) is 3.44. The fourth-order valence-corrected chi connectivity index (χ4v) is 3.01. The maximum atomic E-state index is 5.83. The second-order valence-electron chi connectivity index (χ2n) is 3.83. The quantitative estimate of drug-likeness (QED) is 0.672. The van der Waals surface area contributed by atoms with Gasteiger partial charge < -0.3 is 9.47 Å². The number of fused-ring (bicyclic) bond motifs is 1. The summed E-state index contributed by atoms with van der Waals surface area (Å²) in [5.74, 6) is 2.18. The van der Waals surface area contributed by atoms with Gasteiger partial charge in [-0.3, -0.25) is 4.40 Å². The molecule has 0 atom stereocenters. The molecule has 0 spiro atoms. The number of hydrogen-bond donors (Lipinski definition) is 0.